The number of imide groups is 2. The monoisotopic (exact) mass is 664 g/mol. The van der Waals surface area contributed by atoms with Crippen molar-refractivity contribution in [2.75, 3.05) is 13.1 Å². The van der Waals surface area contributed by atoms with Crippen molar-refractivity contribution in [3.05, 3.63) is 69.8 Å². The van der Waals surface area contributed by atoms with E-state index in [1.165, 1.54) is 16.2 Å². The minimum Gasteiger partial charge on any atom is -0.274 e. The first-order valence-electron chi connectivity index (χ1n) is 18.2. The van der Waals surface area contributed by atoms with Gasteiger partial charge in [-0.3, -0.25) is 29.0 Å². The van der Waals surface area contributed by atoms with Gasteiger partial charge in [0.05, 0.1) is 34.4 Å². The molecule has 5 aromatic rings. The van der Waals surface area contributed by atoms with Gasteiger partial charge in [0.1, 0.15) is 0 Å². The fourth-order valence-corrected chi connectivity index (χ4v) is 8.25. The Hall–Kier alpha value is -5.34. The molecule has 0 aromatic heterocycles. The average Bonchev–Trinajstić information content (AvgIpc) is 3.13. The van der Waals surface area contributed by atoms with Gasteiger partial charge in [0.15, 0.2) is 0 Å². The maximum atomic E-state index is 14.0. The minimum atomic E-state index is -0.438. The molecule has 2 aliphatic rings. The Morgan fingerprint density at radius 2 is 0.840 bits per heavy atom. The first-order valence-corrected chi connectivity index (χ1v) is 18.2. The summed E-state index contributed by atoms with van der Waals surface area (Å²) in [4.78, 5) is 58.4. The van der Waals surface area contributed by atoms with Gasteiger partial charge >= 0.3 is 0 Å². The lowest BCUT2D eigenvalue weighted by atomic mass is 9.79. The number of fused-ring (bicyclic) bond motifs is 2. The Bertz CT molecular complexity index is 2190. The molecule has 0 unspecified atom stereocenters. The normalized spacial score (nSPS) is 14.2. The molecule has 0 saturated carbocycles. The molecule has 5 aromatic carbocycles. The van der Waals surface area contributed by atoms with Gasteiger partial charge in [-0.1, -0.05) is 90.2 Å². The van der Waals surface area contributed by atoms with Gasteiger partial charge in [-0.15, -0.1) is 0 Å². The van der Waals surface area contributed by atoms with E-state index < -0.39 is 11.8 Å². The molecule has 0 aliphatic carbocycles. The number of benzene rings is 5. The van der Waals surface area contributed by atoms with Crippen molar-refractivity contribution in [1.82, 2.24) is 9.80 Å². The molecule has 7 rings (SSSR count). The van der Waals surface area contributed by atoms with E-state index in [0.717, 1.165) is 64.2 Å². The highest BCUT2D eigenvalue weighted by Gasteiger charge is 2.38. The van der Waals surface area contributed by atoms with Crippen molar-refractivity contribution in [2.24, 2.45) is 0 Å². The molecule has 2 aliphatic heterocycles. The summed E-state index contributed by atoms with van der Waals surface area (Å²) in [5.74, 6) is -1.57. The van der Waals surface area contributed by atoms with Crippen molar-refractivity contribution in [1.29, 1.82) is 10.5 Å². The molecule has 0 bridgehead atoms. The third-order valence-electron chi connectivity index (χ3n) is 10.7. The average molecular weight is 665 g/mol. The molecule has 8 nitrogen and oxygen atoms in total. The predicted molar refractivity (Wildman–Crippen MR) is 195 cm³/mol. The molecule has 4 amide bonds. The highest BCUT2D eigenvalue weighted by Crippen LogP contribution is 2.48. The number of hydrogen-bond donors (Lipinski definition) is 0. The van der Waals surface area contributed by atoms with Gasteiger partial charge in [0.25, 0.3) is 23.6 Å². The first kappa shape index (κ1) is 33.2. The van der Waals surface area contributed by atoms with Crippen molar-refractivity contribution in [3.8, 4) is 12.1 Å². The fourth-order valence-electron chi connectivity index (χ4n) is 8.25. The fraction of sp³-hybridized carbons (Fsp3) is 0.381. The molecule has 0 spiro atoms. The van der Waals surface area contributed by atoms with Crippen molar-refractivity contribution >= 4 is 66.7 Å². The van der Waals surface area contributed by atoms with Gasteiger partial charge in [-0.05, 0) is 53.3 Å². The number of rotatable bonds is 14. The van der Waals surface area contributed by atoms with Crippen LogP contribution in [0.25, 0.3) is 43.1 Å². The van der Waals surface area contributed by atoms with Crippen LogP contribution in [0.1, 0.15) is 143 Å². The van der Waals surface area contributed by atoms with E-state index in [9.17, 15) is 29.7 Å². The number of nitriles is 2. The van der Waals surface area contributed by atoms with Crippen LogP contribution in [-0.4, -0.2) is 46.5 Å². The summed E-state index contributed by atoms with van der Waals surface area (Å²) in [6.07, 6.45) is 12.2. The van der Waals surface area contributed by atoms with E-state index in [-0.39, 0.29) is 40.6 Å². The zero-order chi connectivity index (χ0) is 35.1. The number of carbonyl (C=O) groups is 4. The number of hydrogen-bond acceptors (Lipinski definition) is 6. The standard InChI is InChI=1S/C42H40N4O4/c1-3-5-7-9-11-13-19-45-39(47)29-17-15-27-33-25(23-43)21-31-37-32(42(50)46(41(31)49)20-14-12-10-8-6-4-2)22-26(24-44)34(38(33)37)28-16-18-30(40(45)48)36(29)35(27)28/h15-18,21-22H,3-14,19-20H2,1-2H3. The smallest absolute Gasteiger partial charge is 0.261 e. The minimum absolute atomic E-state index is 0.238. The lowest BCUT2D eigenvalue weighted by Gasteiger charge is -2.30. The summed E-state index contributed by atoms with van der Waals surface area (Å²) in [5, 5.41) is 25.4. The van der Waals surface area contributed by atoms with Crippen molar-refractivity contribution in [2.45, 2.75) is 90.9 Å². The Morgan fingerprint density at radius 1 is 0.460 bits per heavy atom. The molecule has 8 heteroatoms. The van der Waals surface area contributed by atoms with Crippen LogP contribution in [0, 0.1) is 22.7 Å². The van der Waals surface area contributed by atoms with E-state index in [0.29, 0.717) is 67.2 Å². The van der Waals surface area contributed by atoms with Crippen molar-refractivity contribution < 1.29 is 19.2 Å². The van der Waals surface area contributed by atoms with E-state index in [4.69, 9.17) is 0 Å². The zero-order valence-corrected chi connectivity index (χ0v) is 28.8. The first-order chi connectivity index (χ1) is 24.4. The summed E-state index contributed by atoms with van der Waals surface area (Å²) >= 11 is 0. The SMILES string of the molecule is CCCCCCCCN1C(=O)c2ccc3c4c(C#N)cc5c6c(cc(C#N)c(c7ccc(c2c37)C1=O)c64)C(=O)N(CCCCCCCC)C5=O. The maximum absolute atomic E-state index is 14.0. The Labute approximate surface area is 291 Å². The topological polar surface area (TPSA) is 122 Å². The van der Waals surface area contributed by atoms with Gasteiger partial charge in [0.2, 0.25) is 0 Å². The second-order valence-corrected chi connectivity index (χ2v) is 13.8. The molecule has 2 heterocycles. The lowest BCUT2D eigenvalue weighted by Crippen LogP contribution is -2.41. The largest absolute Gasteiger partial charge is 0.274 e. The van der Waals surface area contributed by atoms with Gasteiger partial charge in [0, 0.05) is 51.1 Å². The Morgan fingerprint density at radius 3 is 1.26 bits per heavy atom. The van der Waals surface area contributed by atoms with E-state index in [1.54, 1.807) is 36.4 Å². The highest BCUT2D eigenvalue weighted by atomic mass is 16.2. The van der Waals surface area contributed by atoms with Gasteiger partial charge in [-0.2, -0.15) is 10.5 Å². The number of carbonyl (C=O) groups excluding carboxylic acids is 4. The van der Waals surface area contributed by atoms with Gasteiger partial charge < -0.3 is 0 Å². The predicted octanol–water partition coefficient (Wildman–Crippen LogP) is 9.39. The summed E-state index contributed by atoms with van der Waals surface area (Å²) in [7, 11) is 0. The summed E-state index contributed by atoms with van der Waals surface area (Å²) in [6, 6.07) is 14.8. The van der Waals surface area contributed by atoms with Gasteiger partial charge in [-0.25, -0.2) is 0 Å². The zero-order valence-electron chi connectivity index (χ0n) is 28.8. The third-order valence-corrected chi connectivity index (χ3v) is 10.7. The highest BCUT2D eigenvalue weighted by molar-refractivity contribution is 6.42. The second kappa shape index (κ2) is 13.5. The van der Waals surface area contributed by atoms with E-state index in [2.05, 4.69) is 26.0 Å². The second-order valence-electron chi connectivity index (χ2n) is 13.8. The van der Waals surface area contributed by atoms with Crippen LogP contribution in [0.5, 0.6) is 0 Å². The molecule has 0 saturated heterocycles. The summed E-state index contributed by atoms with van der Waals surface area (Å²) in [6.45, 7) is 4.93. The molecule has 252 valence electrons. The van der Waals surface area contributed by atoms with Crippen LogP contribution >= 0.6 is 0 Å². The third kappa shape index (κ3) is 5.09. The molecular weight excluding hydrogens is 624 g/mol. The summed E-state index contributed by atoms with van der Waals surface area (Å²) in [5.41, 5.74) is 1.84. The molecular formula is C42H40N4O4. The van der Waals surface area contributed by atoms with Crippen LogP contribution in [0.2, 0.25) is 0 Å². The molecule has 0 N–H and O–H groups in total. The maximum Gasteiger partial charge on any atom is 0.261 e. The van der Waals surface area contributed by atoms with E-state index in [1.807, 2.05) is 0 Å². The van der Waals surface area contributed by atoms with Crippen LogP contribution in [0.4, 0.5) is 0 Å². The molecule has 0 fully saturated rings. The Kier molecular flexibility index (Phi) is 8.97. The molecule has 0 atom stereocenters. The molecule has 0 radical (unpaired) electrons. The number of amides is 4. The number of nitrogens with zero attached hydrogens (tertiary/aromatic N) is 4. The molecule has 50 heavy (non-hydrogen) atoms. The Balaban J connectivity index is 1.38. The number of unbranched alkanes of at least 4 members (excludes halogenated alkanes) is 10. The van der Waals surface area contributed by atoms with Crippen molar-refractivity contribution in [3.63, 3.8) is 0 Å². The lowest BCUT2D eigenvalue weighted by molar-refractivity contribution is 0.0592. The quantitative estimate of drug-likeness (QED) is 0.0504. The van der Waals surface area contributed by atoms with Crippen LogP contribution in [-0.2, 0) is 0 Å². The van der Waals surface area contributed by atoms with E-state index >= 15 is 0 Å². The van der Waals surface area contributed by atoms with Crippen LogP contribution in [0.3, 0.4) is 0 Å². The summed E-state index contributed by atoms with van der Waals surface area (Å²) < 4.78 is 0. The van der Waals surface area contributed by atoms with Crippen LogP contribution in [0.15, 0.2) is 36.4 Å². The van der Waals surface area contributed by atoms with Crippen LogP contribution < -0.4 is 0 Å².